The Hall–Kier alpha value is -4.52. The number of rotatable bonds is 7. The van der Waals surface area contributed by atoms with E-state index in [-0.39, 0.29) is 22.5 Å². The van der Waals surface area contributed by atoms with Gasteiger partial charge in [0.05, 0.1) is 19.6 Å². The molecular weight excluding hydrogens is 436 g/mol. The topological polar surface area (TPSA) is 84.2 Å². The van der Waals surface area contributed by atoms with Crippen LogP contribution in [-0.4, -0.2) is 20.2 Å². The van der Waals surface area contributed by atoms with Crippen LogP contribution in [0.1, 0.15) is 11.1 Å². The van der Waals surface area contributed by atoms with E-state index in [0.29, 0.717) is 22.6 Å². The molecule has 0 aliphatic rings. The van der Waals surface area contributed by atoms with E-state index in [1.54, 1.807) is 43.5 Å². The van der Waals surface area contributed by atoms with Crippen LogP contribution < -0.4 is 24.4 Å². The third-order valence-electron chi connectivity index (χ3n) is 5.00. The van der Waals surface area contributed by atoms with Gasteiger partial charge < -0.3 is 23.4 Å². The van der Waals surface area contributed by atoms with Crippen molar-refractivity contribution in [2.75, 3.05) is 14.2 Å². The predicted octanol–water partition coefficient (Wildman–Crippen LogP) is 5.53. The SMILES string of the molecule is COc1ccc(/C=C/C(=O)Oc2ccc3c(=O)c(Oc4ccc(C)cc4)coc3c2)cc1OC. The third kappa shape index (κ3) is 5.10. The van der Waals surface area contributed by atoms with Crippen molar-refractivity contribution in [2.45, 2.75) is 6.92 Å². The number of hydrogen-bond donors (Lipinski definition) is 0. The van der Waals surface area contributed by atoms with Crippen molar-refractivity contribution in [1.29, 1.82) is 0 Å². The van der Waals surface area contributed by atoms with E-state index < -0.39 is 5.97 Å². The molecule has 0 aliphatic heterocycles. The fraction of sp³-hybridized carbons (Fsp3) is 0.111. The molecule has 0 radical (unpaired) electrons. The van der Waals surface area contributed by atoms with Gasteiger partial charge >= 0.3 is 5.97 Å². The molecule has 3 aromatic carbocycles. The Morgan fingerprint density at radius 3 is 2.32 bits per heavy atom. The van der Waals surface area contributed by atoms with Crippen molar-refractivity contribution in [1.82, 2.24) is 0 Å². The summed E-state index contributed by atoms with van der Waals surface area (Å²) in [6.45, 7) is 1.96. The van der Waals surface area contributed by atoms with E-state index in [0.717, 1.165) is 11.1 Å². The number of ether oxygens (including phenoxy) is 4. The second-order valence-corrected chi connectivity index (χ2v) is 7.37. The maximum absolute atomic E-state index is 12.8. The van der Waals surface area contributed by atoms with E-state index in [2.05, 4.69) is 0 Å². The Morgan fingerprint density at radius 1 is 0.853 bits per heavy atom. The number of carbonyl (C=O) groups excluding carboxylic acids is 1. The molecule has 0 saturated carbocycles. The highest BCUT2D eigenvalue weighted by Gasteiger charge is 2.11. The largest absolute Gasteiger partial charge is 0.493 e. The van der Waals surface area contributed by atoms with Crippen LogP contribution in [0.5, 0.6) is 28.7 Å². The molecule has 0 spiro atoms. The number of carbonyl (C=O) groups is 1. The summed E-state index contributed by atoms with van der Waals surface area (Å²) in [6, 6.07) is 17.1. The predicted molar refractivity (Wildman–Crippen MR) is 128 cm³/mol. The van der Waals surface area contributed by atoms with Crippen molar-refractivity contribution in [2.24, 2.45) is 0 Å². The van der Waals surface area contributed by atoms with Gasteiger partial charge in [0, 0.05) is 12.1 Å². The van der Waals surface area contributed by atoms with Gasteiger partial charge in [-0.25, -0.2) is 4.79 Å². The summed E-state index contributed by atoms with van der Waals surface area (Å²) < 4.78 is 27.0. The second kappa shape index (κ2) is 9.95. The molecule has 34 heavy (non-hydrogen) atoms. The van der Waals surface area contributed by atoms with Crippen molar-refractivity contribution in [3.8, 4) is 28.7 Å². The zero-order chi connectivity index (χ0) is 24.1. The first-order chi connectivity index (χ1) is 16.5. The van der Waals surface area contributed by atoms with Gasteiger partial charge in [0.15, 0.2) is 11.5 Å². The first kappa shape index (κ1) is 22.7. The number of esters is 1. The maximum atomic E-state index is 12.8. The summed E-state index contributed by atoms with van der Waals surface area (Å²) in [5.41, 5.74) is 1.77. The molecule has 1 heterocycles. The standard InChI is InChI=1S/C27H22O7/c1-17-4-8-19(9-5-17)33-25-16-32-23-15-20(10-11-21(23)27(25)29)34-26(28)13-7-18-6-12-22(30-2)24(14-18)31-3/h4-16H,1-3H3/b13-7+. The van der Waals surface area contributed by atoms with Crippen LogP contribution in [0.3, 0.4) is 0 Å². The van der Waals surface area contributed by atoms with Gasteiger partial charge in [-0.15, -0.1) is 0 Å². The minimum absolute atomic E-state index is 0.0685. The van der Waals surface area contributed by atoms with Gasteiger partial charge in [-0.1, -0.05) is 23.8 Å². The molecule has 4 aromatic rings. The van der Waals surface area contributed by atoms with Gasteiger partial charge in [-0.05, 0) is 55.0 Å². The van der Waals surface area contributed by atoms with Crippen molar-refractivity contribution in [3.05, 3.63) is 94.4 Å². The smallest absolute Gasteiger partial charge is 0.336 e. The summed E-state index contributed by atoms with van der Waals surface area (Å²) in [5, 5.41) is 0.310. The molecule has 7 nitrogen and oxygen atoms in total. The van der Waals surface area contributed by atoms with Gasteiger partial charge in [0.1, 0.15) is 23.3 Å². The van der Waals surface area contributed by atoms with Crippen LogP contribution in [0.15, 0.2) is 82.2 Å². The summed E-state index contributed by atoms with van der Waals surface area (Å²) >= 11 is 0. The Morgan fingerprint density at radius 2 is 1.59 bits per heavy atom. The normalized spacial score (nSPS) is 10.9. The number of aryl methyl sites for hydroxylation is 1. The monoisotopic (exact) mass is 458 g/mol. The van der Waals surface area contributed by atoms with Crippen LogP contribution in [-0.2, 0) is 4.79 Å². The zero-order valence-electron chi connectivity index (χ0n) is 18.9. The lowest BCUT2D eigenvalue weighted by Gasteiger charge is -2.08. The average molecular weight is 458 g/mol. The Bertz CT molecular complexity index is 1420. The van der Waals surface area contributed by atoms with Gasteiger partial charge in [0.2, 0.25) is 11.2 Å². The first-order valence-electron chi connectivity index (χ1n) is 10.4. The molecule has 0 bridgehead atoms. The summed E-state index contributed by atoms with van der Waals surface area (Å²) in [4.78, 5) is 25.0. The molecular formula is C27H22O7. The Kier molecular flexibility index (Phi) is 6.64. The van der Waals surface area contributed by atoms with Gasteiger partial charge in [-0.2, -0.15) is 0 Å². The highest BCUT2D eigenvalue weighted by atomic mass is 16.5. The lowest BCUT2D eigenvalue weighted by molar-refractivity contribution is -0.128. The minimum atomic E-state index is -0.587. The molecule has 0 fully saturated rings. The quantitative estimate of drug-likeness (QED) is 0.205. The van der Waals surface area contributed by atoms with Crippen LogP contribution in [0.25, 0.3) is 17.0 Å². The maximum Gasteiger partial charge on any atom is 0.336 e. The van der Waals surface area contributed by atoms with E-state index >= 15 is 0 Å². The van der Waals surface area contributed by atoms with Crippen molar-refractivity contribution in [3.63, 3.8) is 0 Å². The number of benzene rings is 3. The fourth-order valence-electron chi connectivity index (χ4n) is 3.23. The highest BCUT2D eigenvalue weighted by Crippen LogP contribution is 2.28. The van der Waals surface area contributed by atoms with Crippen molar-refractivity contribution >= 4 is 23.0 Å². The summed E-state index contributed by atoms with van der Waals surface area (Å²) in [5.74, 6) is 1.39. The molecule has 0 amide bonds. The van der Waals surface area contributed by atoms with Gasteiger partial charge in [-0.3, -0.25) is 4.79 Å². The molecule has 0 N–H and O–H groups in total. The number of hydrogen-bond acceptors (Lipinski definition) is 7. The summed E-state index contributed by atoms with van der Waals surface area (Å²) in [7, 11) is 3.09. The van der Waals surface area contributed by atoms with E-state index in [1.165, 1.54) is 37.6 Å². The van der Waals surface area contributed by atoms with E-state index in [1.807, 2.05) is 19.1 Å². The molecule has 4 rings (SSSR count). The van der Waals surface area contributed by atoms with Crippen LogP contribution >= 0.6 is 0 Å². The Labute approximate surface area is 195 Å². The minimum Gasteiger partial charge on any atom is -0.493 e. The second-order valence-electron chi connectivity index (χ2n) is 7.37. The number of methoxy groups -OCH3 is 2. The molecule has 0 unspecified atom stereocenters. The number of fused-ring (bicyclic) bond motifs is 1. The van der Waals surface area contributed by atoms with Crippen LogP contribution in [0, 0.1) is 6.92 Å². The lowest BCUT2D eigenvalue weighted by atomic mass is 10.2. The molecule has 7 heteroatoms. The Balaban J connectivity index is 1.48. The van der Waals surface area contributed by atoms with Crippen LogP contribution in [0.4, 0.5) is 0 Å². The lowest BCUT2D eigenvalue weighted by Crippen LogP contribution is -2.06. The molecule has 0 saturated heterocycles. The fourth-order valence-corrected chi connectivity index (χ4v) is 3.23. The molecule has 1 aromatic heterocycles. The van der Waals surface area contributed by atoms with E-state index in [9.17, 15) is 9.59 Å². The zero-order valence-corrected chi connectivity index (χ0v) is 18.9. The average Bonchev–Trinajstić information content (AvgIpc) is 2.85. The van der Waals surface area contributed by atoms with Gasteiger partial charge in [0.25, 0.3) is 0 Å². The molecule has 0 atom stereocenters. The first-order valence-corrected chi connectivity index (χ1v) is 10.4. The van der Waals surface area contributed by atoms with Crippen molar-refractivity contribution < 1.29 is 28.2 Å². The third-order valence-corrected chi connectivity index (χ3v) is 5.00. The highest BCUT2D eigenvalue weighted by molar-refractivity contribution is 5.89. The molecule has 172 valence electrons. The van der Waals surface area contributed by atoms with E-state index in [4.69, 9.17) is 23.4 Å². The molecule has 0 aliphatic carbocycles. The summed E-state index contributed by atoms with van der Waals surface area (Å²) in [6.07, 6.45) is 4.13. The van der Waals surface area contributed by atoms with Crippen LogP contribution in [0.2, 0.25) is 0 Å².